The lowest BCUT2D eigenvalue weighted by Crippen LogP contribution is -2.27. The Labute approximate surface area is 167 Å². The Bertz CT molecular complexity index is 806. The van der Waals surface area contributed by atoms with Crippen LogP contribution in [0.4, 0.5) is 0 Å². The van der Waals surface area contributed by atoms with Crippen molar-refractivity contribution in [2.45, 2.75) is 31.7 Å². The lowest BCUT2D eigenvalue weighted by molar-refractivity contribution is -0.146. The standard InChI is InChI=1S/C21H23BrO5/c1-12-10-17(26-5)11-13(2)18(12)21(27-14(3)23)19(22)20(24)15-6-8-16(25-4)9-7-15/h6-11,19,21H,1-5H3. The molecule has 0 fully saturated rings. The molecule has 0 radical (unpaired) electrons. The summed E-state index contributed by atoms with van der Waals surface area (Å²) in [6, 6.07) is 10.5. The number of alkyl halides is 1. The fourth-order valence-corrected chi connectivity index (χ4v) is 3.63. The molecule has 0 aromatic heterocycles. The average molecular weight is 435 g/mol. The Balaban J connectivity index is 2.43. The molecule has 2 aromatic carbocycles. The van der Waals surface area contributed by atoms with Crippen LogP contribution in [0, 0.1) is 13.8 Å². The summed E-state index contributed by atoms with van der Waals surface area (Å²) in [6.45, 7) is 5.14. The Morgan fingerprint density at radius 3 is 1.89 bits per heavy atom. The van der Waals surface area contributed by atoms with Crippen LogP contribution in [0.25, 0.3) is 0 Å². The summed E-state index contributed by atoms with van der Waals surface area (Å²) in [6.07, 6.45) is -0.761. The van der Waals surface area contributed by atoms with Crippen molar-refractivity contribution in [1.82, 2.24) is 0 Å². The van der Waals surface area contributed by atoms with Crippen molar-refractivity contribution >= 4 is 27.7 Å². The van der Waals surface area contributed by atoms with Crippen molar-refractivity contribution in [3.05, 3.63) is 58.7 Å². The van der Waals surface area contributed by atoms with Crippen molar-refractivity contribution in [2.24, 2.45) is 0 Å². The summed E-state index contributed by atoms with van der Waals surface area (Å²) in [7, 11) is 3.16. The molecule has 144 valence electrons. The van der Waals surface area contributed by atoms with E-state index in [0.717, 1.165) is 16.7 Å². The highest BCUT2D eigenvalue weighted by Gasteiger charge is 2.33. The van der Waals surface area contributed by atoms with Gasteiger partial charge in [-0.15, -0.1) is 0 Å². The minimum atomic E-state index is -0.761. The second kappa shape index (κ2) is 9.04. The zero-order valence-electron chi connectivity index (χ0n) is 16.0. The zero-order chi connectivity index (χ0) is 20.1. The van der Waals surface area contributed by atoms with Gasteiger partial charge in [-0.1, -0.05) is 15.9 Å². The maximum Gasteiger partial charge on any atom is 0.303 e. The zero-order valence-corrected chi connectivity index (χ0v) is 17.6. The molecular formula is C21H23BrO5. The summed E-state index contributed by atoms with van der Waals surface area (Å²) in [5.41, 5.74) is 3.04. The smallest absolute Gasteiger partial charge is 0.303 e. The minimum absolute atomic E-state index is 0.182. The van der Waals surface area contributed by atoms with Gasteiger partial charge in [-0.2, -0.15) is 0 Å². The number of ketones is 1. The summed E-state index contributed by atoms with van der Waals surface area (Å²) >= 11 is 3.46. The second-order valence-electron chi connectivity index (χ2n) is 6.20. The summed E-state index contributed by atoms with van der Waals surface area (Å²) in [5, 5.41) is 0. The fraction of sp³-hybridized carbons (Fsp3) is 0.333. The van der Waals surface area contributed by atoms with E-state index < -0.39 is 16.9 Å². The summed E-state index contributed by atoms with van der Waals surface area (Å²) in [5.74, 6) is 0.735. The maximum atomic E-state index is 13.0. The molecule has 6 heteroatoms. The SMILES string of the molecule is COc1ccc(C(=O)C(Br)C(OC(C)=O)c2c(C)cc(OC)cc2C)cc1. The Hall–Kier alpha value is -2.34. The number of hydrogen-bond donors (Lipinski definition) is 0. The molecule has 0 spiro atoms. The molecule has 0 N–H and O–H groups in total. The first-order valence-electron chi connectivity index (χ1n) is 8.43. The minimum Gasteiger partial charge on any atom is -0.497 e. The number of methoxy groups -OCH3 is 2. The number of carbonyl (C=O) groups excluding carboxylic acids is 2. The van der Waals surface area contributed by atoms with E-state index in [1.807, 2.05) is 26.0 Å². The lowest BCUT2D eigenvalue weighted by Gasteiger charge is -2.25. The largest absolute Gasteiger partial charge is 0.497 e. The van der Waals surface area contributed by atoms with Gasteiger partial charge in [0.15, 0.2) is 5.78 Å². The van der Waals surface area contributed by atoms with Gasteiger partial charge in [0.25, 0.3) is 0 Å². The first-order valence-corrected chi connectivity index (χ1v) is 9.34. The molecule has 2 unspecified atom stereocenters. The van der Waals surface area contributed by atoms with E-state index in [2.05, 4.69) is 15.9 Å². The molecule has 27 heavy (non-hydrogen) atoms. The van der Waals surface area contributed by atoms with Crippen LogP contribution in [0.15, 0.2) is 36.4 Å². The number of Topliss-reactive ketones (excluding diaryl/α,β-unsaturated/α-hetero) is 1. The van der Waals surface area contributed by atoms with Gasteiger partial charge in [-0.3, -0.25) is 9.59 Å². The molecule has 0 aliphatic rings. The van der Waals surface area contributed by atoms with Gasteiger partial charge in [0, 0.05) is 18.1 Å². The Kier molecular flexibility index (Phi) is 7.02. The third-order valence-corrected chi connectivity index (χ3v) is 5.17. The monoisotopic (exact) mass is 434 g/mol. The van der Waals surface area contributed by atoms with Gasteiger partial charge in [-0.25, -0.2) is 0 Å². The predicted octanol–water partition coefficient (Wildman–Crippen LogP) is 4.57. The van der Waals surface area contributed by atoms with Crippen LogP contribution in [0.5, 0.6) is 11.5 Å². The first kappa shape index (κ1) is 21.0. The number of halogens is 1. The van der Waals surface area contributed by atoms with Crippen LogP contribution in [0.3, 0.4) is 0 Å². The molecule has 0 bridgehead atoms. The van der Waals surface area contributed by atoms with Crippen molar-refractivity contribution in [1.29, 1.82) is 0 Å². The molecular weight excluding hydrogens is 412 g/mol. The summed E-state index contributed by atoms with van der Waals surface area (Å²) in [4.78, 5) is 24.0. The van der Waals surface area contributed by atoms with E-state index in [9.17, 15) is 9.59 Å². The number of esters is 1. The van der Waals surface area contributed by atoms with E-state index >= 15 is 0 Å². The fourth-order valence-electron chi connectivity index (χ4n) is 3.00. The van der Waals surface area contributed by atoms with E-state index in [1.54, 1.807) is 38.5 Å². The topological polar surface area (TPSA) is 61.8 Å². The molecule has 0 aliphatic heterocycles. The molecule has 0 heterocycles. The highest BCUT2D eigenvalue weighted by Crippen LogP contribution is 2.35. The number of hydrogen-bond acceptors (Lipinski definition) is 5. The predicted molar refractivity (Wildman–Crippen MR) is 107 cm³/mol. The van der Waals surface area contributed by atoms with Crippen molar-refractivity contribution < 1.29 is 23.8 Å². The summed E-state index contributed by atoms with van der Waals surface area (Å²) < 4.78 is 16.0. The molecule has 2 atom stereocenters. The number of carbonyl (C=O) groups is 2. The van der Waals surface area contributed by atoms with Gasteiger partial charge >= 0.3 is 5.97 Å². The lowest BCUT2D eigenvalue weighted by atomic mass is 9.92. The molecule has 0 saturated carbocycles. The van der Waals surface area contributed by atoms with Gasteiger partial charge in [0.2, 0.25) is 0 Å². The maximum absolute atomic E-state index is 13.0. The molecule has 0 saturated heterocycles. The van der Waals surface area contributed by atoms with Crippen LogP contribution >= 0.6 is 15.9 Å². The third-order valence-electron chi connectivity index (χ3n) is 4.27. The van der Waals surface area contributed by atoms with Gasteiger partial charge < -0.3 is 14.2 Å². The Morgan fingerprint density at radius 2 is 1.44 bits per heavy atom. The number of rotatable bonds is 7. The van der Waals surface area contributed by atoms with Crippen molar-refractivity contribution in [3.63, 3.8) is 0 Å². The molecule has 2 rings (SSSR count). The van der Waals surface area contributed by atoms with E-state index in [4.69, 9.17) is 14.2 Å². The number of ether oxygens (including phenoxy) is 3. The van der Waals surface area contributed by atoms with Crippen LogP contribution in [-0.2, 0) is 9.53 Å². The normalized spacial score (nSPS) is 12.8. The van der Waals surface area contributed by atoms with Gasteiger partial charge in [0.1, 0.15) is 22.4 Å². The van der Waals surface area contributed by atoms with Gasteiger partial charge in [-0.05, 0) is 61.4 Å². The van der Waals surface area contributed by atoms with Gasteiger partial charge in [0.05, 0.1) is 14.2 Å². The van der Waals surface area contributed by atoms with Crippen molar-refractivity contribution in [2.75, 3.05) is 14.2 Å². The van der Waals surface area contributed by atoms with Crippen LogP contribution < -0.4 is 9.47 Å². The quantitative estimate of drug-likeness (QED) is 0.362. The average Bonchev–Trinajstić information content (AvgIpc) is 2.65. The van der Waals surface area contributed by atoms with E-state index in [1.165, 1.54) is 6.92 Å². The molecule has 0 aliphatic carbocycles. The van der Waals surface area contributed by atoms with Crippen LogP contribution in [0.2, 0.25) is 0 Å². The third kappa shape index (κ3) is 4.89. The van der Waals surface area contributed by atoms with E-state index in [-0.39, 0.29) is 5.78 Å². The Morgan fingerprint density at radius 1 is 0.926 bits per heavy atom. The van der Waals surface area contributed by atoms with E-state index in [0.29, 0.717) is 17.1 Å². The first-order chi connectivity index (χ1) is 12.8. The second-order valence-corrected chi connectivity index (χ2v) is 7.19. The number of benzene rings is 2. The van der Waals surface area contributed by atoms with Crippen molar-refractivity contribution in [3.8, 4) is 11.5 Å². The highest BCUT2D eigenvalue weighted by molar-refractivity contribution is 9.10. The number of aryl methyl sites for hydroxylation is 2. The molecule has 0 amide bonds. The highest BCUT2D eigenvalue weighted by atomic mass is 79.9. The molecule has 2 aromatic rings. The molecule has 5 nitrogen and oxygen atoms in total. The van der Waals surface area contributed by atoms with Crippen LogP contribution in [0.1, 0.15) is 40.1 Å². The van der Waals surface area contributed by atoms with Crippen LogP contribution in [-0.4, -0.2) is 30.8 Å².